The topological polar surface area (TPSA) is 68.2 Å². The van der Waals surface area contributed by atoms with Crippen molar-refractivity contribution >= 4 is 17.7 Å². The Kier molecular flexibility index (Phi) is 7.18. The molecule has 2 saturated carbocycles. The van der Waals surface area contributed by atoms with Gasteiger partial charge in [-0.15, -0.1) is 0 Å². The summed E-state index contributed by atoms with van der Waals surface area (Å²) in [6, 6.07) is 9.77. The molecule has 2 heterocycles. The molecule has 7 heteroatoms. The Balaban J connectivity index is 1.26. The molecule has 2 saturated heterocycles. The van der Waals surface area contributed by atoms with Gasteiger partial charge in [0.25, 0.3) is 0 Å². The van der Waals surface area contributed by atoms with Crippen molar-refractivity contribution in [3.63, 3.8) is 0 Å². The Morgan fingerprint density at radius 1 is 1.15 bits per heavy atom. The molecule has 7 atom stereocenters. The zero-order valence-corrected chi connectivity index (χ0v) is 21.3. The predicted molar refractivity (Wildman–Crippen MR) is 133 cm³/mol. The zero-order chi connectivity index (χ0) is 23.8. The van der Waals surface area contributed by atoms with E-state index in [1.165, 1.54) is 0 Å². The second-order valence-corrected chi connectivity index (χ2v) is 12.3. The lowest BCUT2D eigenvalue weighted by Gasteiger charge is -2.63. The SMILES string of the molecule is CC12COC(COc3ccccc3)OC1CCC1(C)C(CC(=O)N3CCSCC3)C(O)CCC21. The van der Waals surface area contributed by atoms with Crippen LogP contribution in [0.25, 0.3) is 0 Å². The largest absolute Gasteiger partial charge is 0.488 e. The Bertz CT molecular complexity index is 849. The maximum Gasteiger partial charge on any atom is 0.223 e. The summed E-state index contributed by atoms with van der Waals surface area (Å²) >= 11 is 1.91. The van der Waals surface area contributed by atoms with Crippen LogP contribution in [0.5, 0.6) is 5.75 Å². The van der Waals surface area contributed by atoms with Crippen molar-refractivity contribution in [1.29, 1.82) is 0 Å². The van der Waals surface area contributed by atoms with Crippen LogP contribution in [0, 0.1) is 22.7 Å². The average molecular weight is 490 g/mol. The van der Waals surface area contributed by atoms with E-state index in [0.29, 0.717) is 25.6 Å². The molecule has 1 aromatic rings. The molecule has 1 amide bonds. The fraction of sp³-hybridized carbons (Fsp3) is 0.741. The van der Waals surface area contributed by atoms with Gasteiger partial charge in [0, 0.05) is 36.4 Å². The van der Waals surface area contributed by atoms with E-state index < -0.39 is 6.10 Å². The van der Waals surface area contributed by atoms with Gasteiger partial charge in [-0.2, -0.15) is 11.8 Å². The molecule has 1 aromatic carbocycles. The number of carbonyl (C=O) groups excluding carboxylic acids is 1. The smallest absolute Gasteiger partial charge is 0.223 e. The van der Waals surface area contributed by atoms with Gasteiger partial charge in [0.05, 0.1) is 18.8 Å². The third-order valence-electron chi connectivity index (χ3n) is 9.12. The lowest BCUT2D eigenvalue weighted by Crippen LogP contribution is -2.63. The molecular weight excluding hydrogens is 450 g/mol. The highest BCUT2D eigenvalue weighted by atomic mass is 32.2. The number of nitrogens with zero attached hydrogens (tertiary/aromatic N) is 1. The summed E-state index contributed by atoms with van der Waals surface area (Å²) in [5, 5.41) is 11.1. The number of carbonyl (C=O) groups is 1. The van der Waals surface area contributed by atoms with Gasteiger partial charge in [-0.25, -0.2) is 0 Å². The lowest BCUT2D eigenvalue weighted by molar-refractivity contribution is -0.313. The third kappa shape index (κ3) is 4.61. The number of hydrogen-bond acceptors (Lipinski definition) is 6. The number of hydrogen-bond donors (Lipinski definition) is 1. The summed E-state index contributed by atoms with van der Waals surface area (Å²) in [6.45, 7) is 7.28. The van der Waals surface area contributed by atoms with E-state index >= 15 is 0 Å². The van der Waals surface area contributed by atoms with Crippen LogP contribution >= 0.6 is 11.8 Å². The monoisotopic (exact) mass is 489 g/mol. The van der Waals surface area contributed by atoms with Crippen LogP contribution < -0.4 is 4.74 Å². The fourth-order valence-corrected chi connectivity index (χ4v) is 8.09. The average Bonchev–Trinajstić information content (AvgIpc) is 2.86. The quantitative estimate of drug-likeness (QED) is 0.675. The minimum atomic E-state index is -0.415. The number of aliphatic hydroxyl groups is 1. The Morgan fingerprint density at radius 2 is 1.91 bits per heavy atom. The number of ether oxygens (including phenoxy) is 3. The summed E-state index contributed by atoms with van der Waals surface area (Å²) in [6.07, 6.45) is 3.36. The van der Waals surface area contributed by atoms with Crippen LogP contribution in [0.4, 0.5) is 0 Å². The van der Waals surface area contributed by atoms with Crippen molar-refractivity contribution in [2.45, 2.75) is 64.4 Å². The first-order chi connectivity index (χ1) is 16.4. The minimum absolute atomic E-state index is 0.00904. The number of fused-ring (bicyclic) bond motifs is 3. The van der Waals surface area contributed by atoms with Crippen molar-refractivity contribution in [3.8, 4) is 5.75 Å². The summed E-state index contributed by atoms with van der Waals surface area (Å²) < 4.78 is 18.6. The molecule has 188 valence electrons. The van der Waals surface area contributed by atoms with Gasteiger partial charge in [0.2, 0.25) is 5.91 Å². The molecular formula is C27H39NO5S. The van der Waals surface area contributed by atoms with E-state index in [9.17, 15) is 9.90 Å². The molecule has 2 aliphatic heterocycles. The van der Waals surface area contributed by atoms with Crippen LogP contribution in [0.15, 0.2) is 30.3 Å². The van der Waals surface area contributed by atoms with Crippen LogP contribution in [0.3, 0.4) is 0 Å². The van der Waals surface area contributed by atoms with Crippen molar-refractivity contribution in [1.82, 2.24) is 4.90 Å². The standard InChI is InChI=1S/C27H39NO5S/c1-26-11-10-23-27(2,18-32-25(33-23)17-31-19-6-4-3-5-7-19)22(26)9-8-21(29)20(26)16-24(30)28-12-14-34-15-13-28/h3-7,20-23,25,29H,8-18H2,1-2H3. The predicted octanol–water partition coefficient (Wildman–Crippen LogP) is 3.97. The second-order valence-electron chi connectivity index (χ2n) is 11.0. The summed E-state index contributed by atoms with van der Waals surface area (Å²) in [5.74, 6) is 3.41. The maximum atomic E-state index is 13.2. The molecule has 6 nitrogen and oxygen atoms in total. The Hall–Kier alpha value is -1.28. The first-order valence-corrected chi connectivity index (χ1v) is 14.0. The van der Waals surface area contributed by atoms with E-state index in [1.54, 1.807) is 0 Å². The van der Waals surface area contributed by atoms with Gasteiger partial charge in [-0.05, 0) is 55.1 Å². The fourth-order valence-electron chi connectivity index (χ4n) is 7.18. The van der Waals surface area contributed by atoms with Gasteiger partial charge in [-0.1, -0.05) is 32.0 Å². The second kappa shape index (κ2) is 10.00. The van der Waals surface area contributed by atoms with E-state index in [2.05, 4.69) is 13.8 Å². The highest BCUT2D eigenvalue weighted by Crippen LogP contribution is 2.62. The Labute approximate surface area is 207 Å². The molecule has 0 aromatic heterocycles. The summed E-state index contributed by atoms with van der Waals surface area (Å²) in [7, 11) is 0. The van der Waals surface area contributed by atoms with Crippen LogP contribution in [-0.2, 0) is 14.3 Å². The third-order valence-corrected chi connectivity index (χ3v) is 10.1. The molecule has 1 N–H and O–H groups in total. The molecule has 4 aliphatic rings. The molecule has 4 fully saturated rings. The first-order valence-electron chi connectivity index (χ1n) is 12.9. The number of para-hydroxylation sites is 1. The number of thioether (sulfide) groups is 1. The van der Waals surface area contributed by atoms with Gasteiger partial charge in [0.15, 0.2) is 6.29 Å². The van der Waals surface area contributed by atoms with Crippen molar-refractivity contribution in [3.05, 3.63) is 30.3 Å². The van der Waals surface area contributed by atoms with Crippen LogP contribution in [0.1, 0.15) is 46.0 Å². The Morgan fingerprint density at radius 3 is 2.68 bits per heavy atom. The zero-order valence-electron chi connectivity index (χ0n) is 20.5. The van der Waals surface area contributed by atoms with Gasteiger partial charge in [-0.3, -0.25) is 4.79 Å². The summed E-state index contributed by atoms with van der Waals surface area (Å²) in [4.78, 5) is 15.2. The summed E-state index contributed by atoms with van der Waals surface area (Å²) in [5.41, 5.74) is -0.220. The molecule has 7 unspecified atom stereocenters. The normalized spacial score (nSPS) is 40.2. The van der Waals surface area contributed by atoms with E-state index in [4.69, 9.17) is 14.2 Å². The molecule has 0 spiro atoms. The van der Waals surface area contributed by atoms with Crippen molar-refractivity contribution in [2.24, 2.45) is 22.7 Å². The molecule has 34 heavy (non-hydrogen) atoms. The molecule has 2 aliphatic carbocycles. The van der Waals surface area contributed by atoms with Crippen molar-refractivity contribution in [2.75, 3.05) is 37.8 Å². The maximum absolute atomic E-state index is 13.2. The van der Waals surface area contributed by atoms with Crippen molar-refractivity contribution < 1.29 is 24.1 Å². The highest BCUT2D eigenvalue weighted by molar-refractivity contribution is 7.99. The first kappa shape index (κ1) is 24.4. The molecule has 0 bridgehead atoms. The van der Waals surface area contributed by atoms with Gasteiger partial charge in [0.1, 0.15) is 12.4 Å². The number of rotatable bonds is 5. The minimum Gasteiger partial charge on any atom is -0.488 e. The lowest BCUT2D eigenvalue weighted by atomic mass is 9.46. The van der Waals surface area contributed by atoms with Gasteiger partial charge >= 0.3 is 0 Å². The van der Waals surface area contributed by atoms with Crippen LogP contribution in [-0.4, -0.2) is 72.2 Å². The molecule has 0 radical (unpaired) electrons. The number of aliphatic hydroxyl groups excluding tert-OH is 1. The van der Waals surface area contributed by atoms with E-state index in [-0.39, 0.29) is 35.0 Å². The van der Waals surface area contributed by atoms with E-state index in [1.807, 2.05) is 47.0 Å². The van der Waals surface area contributed by atoms with E-state index in [0.717, 1.165) is 56.0 Å². The molecule has 5 rings (SSSR count). The van der Waals surface area contributed by atoms with Gasteiger partial charge < -0.3 is 24.2 Å². The number of amides is 1. The van der Waals surface area contributed by atoms with Crippen LogP contribution in [0.2, 0.25) is 0 Å². The number of benzene rings is 1. The highest BCUT2D eigenvalue weighted by Gasteiger charge is 2.61.